The molecule has 1 aromatic carbocycles. The summed E-state index contributed by atoms with van der Waals surface area (Å²) in [7, 11) is 1.47. The van der Waals surface area contributed by atoms with Crippen molar-refractivity contribution in [2.24, 2.45) is 11.7 Å². The maximum atomic E-state index is 13.5. The van der Waals surface area contributed by atoms with E-state index < -0.39 is 22.8 Å². The summed E-state index contributed by atoms with van der Waals surface area (Å²) in [4.78, 5) is 31.2. The first-order valence-corrected chi connectivity index (χ1v) is 16.0. The van der Waals surface area contributed by atoms with Crippen molar-refractivity contribution in [2.75, 3.05) is 20.3 Å². The molecule has 232 valence electrons. The van der Waals surface area contributed by atoms with Crippen LogP contribution in [0.15, 0.2) is 71.0 Å². The number of rotatable bonds is 10. The number of methoxy groups -OCH3 is 1. The second kappa shape index (κ2) is 10.8. The van der Waals surface area contributed by atoms with Gasteiger partial charge in [-0.1, -0.05) is 12.1 Å². The fourth-order valence-corrected chi connectivity index (χ4v) is 6.76. The lowest BCUT2D eigenvalue weighted by molar-refractivity contribution is -0.123. The molecule has 0 spiro atoms. The molecule has 1 aliphatic heterocycles. The van der Waals surface area contributed by atoms with Crippen LogP contribution in [0.3, 0.4) is 0 Å². The highest BCUT2D eigenvalue weighted by molar-refractivity contribution is 7.17. The second-order valence-electron chi connectivity index (χ2n) is 12.5. The molecule has 7 rings (SSSR count). The van der Waals surface area contributed by atoms with Gasteiger partial charge in [0.2, 0.25) is 5.91 Å². The predicted octanol–water partition coefficient (Wildman–Crippen LogP) is 3.94. The zero-order chi connectivity index (χ0) is 31.5. The molecule has 3 aromatic rings. The van der Waals surface area contributed by atoms with Crippen LogP contribution in [0.2, 0.25) is 0 Å². The molecule has 6 N–H and O–H groups in total. The number of fused-ring (bicyclic) bond motifs is 2. The van der Waals surface area contributed by atoms with Crippen LogP contribution in [0.1, 0.15) is 43.9 Å². The number of amides is 2. The minimum atomic E-state index is -1.52. The molecule has 45 heavy (non-hydrogen) atoms. The molecule has 10 nitrogen and oxygen atoms in total. The highest BCUT2D eigenvalue weighted by Gasteiger charge is 2.50. The zero-order valence-electron chi connectivity index (χ0n) is 25.1. The highest BCUT2D eigenvalue weighted by Crippen LogP contribution is 2.50. The SMILES string of the molecule is COC1=CC(C(=O)NC[C@](O)(c2cc3c(c(-c4ccc5ccsc5c4)n2)OC[C@]3(C)C(N)=O)C2CC2)=C/C(=C/NC2CC2)C1=N. The molecule has 2 saturated carbocycles. The van der Waals surface area contributed by atoms with E-state index in [1.807, 2.05) is 29.6 Å². The van der Waals surface area contributed by atoms with Gasteiger partial charge in [-0.05, 0) is 79.6 Å². The van der Waals surface area contributed by atoms with Crippen molar-refractivity contribution in [3.63, 3.8) is 0 Å². The summed E-state index contributed by atoms with van der Waals surface area (Å²) in [5, 5.41) is 30.1. The number of hydrogen-bond acceptors (Lipinski definition) is 9. The Morgan fingerprint density at radius 1 is 1.24 bits per heavy atom. The number of nitrogens with zero attached hydrogens (tertiary/aromatic N) is 1. The van der Waals surface area contributed by atoms with E-state index in [2.05, 4.69) is 10.6 Å². The fraction of sp³-hybridized carbons (Fsp3) is 0.353. The van der Waals surface area contributed by atoms with Crippen molar-refractivity contribution >= 4 is 38.9 Å². The number of nitrogens with one attached hydrogen (secondary N) is 3. The van der Waals surface area contributed by atoms with Gasteiger partial charge < -0.3 is 30.9 Å². The number of nitrogens with two attached hydrogens (primary N) is 1. The number of pyridine rings is 1. The molecule has 3 aliphatic carbocycles. The van der Waals surface area contributed by atoms with Crippen LogP contribution >= 0.6 is 11.3 Å². The number of carbonyl (C=O) groups is 2. The van der Waals surface area contributed by atoms with Crippen molar-refractivity contribution in [3.8, 4) is 17.0 Å². The molecular weight excluding hydrogens is 590 g/mol. The number of carbonyl (C=O) groups excluding carboxylic acids is 2. The molecule has 2 aromatic heterocycles. The van der Waals surface area contributed by atoms with Crippen LogP contribution < -0.4 is 21.1 Å². The number of allylic oxidation sites excluding steroid dienone is 2. The van der Waals surface area contributed by atoms with E-state index in [1.165, 1.54) is 13.2 Å². The Hall–Kier alpha value is -4.48. The van der Waals surface area contributed by atoms with Gasteiger partial charge in [0, 0.05) is 39.2 Å². The summed E-state index contributed by atoms with van der Waals surface area (Å²) in [5.41, 5.74) is 6.55. The number of benzene rings is 1. The monoisotopic (exact) mass is 625 g/mol. The Bertz CT molecular complexity index is 1850. The third-order valence-electron chi connectivity index (χ3n) is 9.23. The maximum Gasteiger partial charge on any atom is 0.251 e. The molecule has 0 saturated heterocycles. The summed E-state index contributed by atoms with van der Waals surface area (Å²) in [6, 6.07) is 10.2. The average molecular weight is 626 g/mol. The maximum absolute atomic E-state index is 13.5. The molecule has 0 radical (unpaired) electrons. The molecule has 0 unspecified atom stereocenters. The average Bonchev–Trinajstić information content (AvgIpc) is 3.98. The Kier molecular flexibility index (Phi) is 7.05. The topological polar surface area (TPSA) is 160 Å². The molecular formula is C34H35N5O5S. The summed E-state index contributed by atoms with van der Waals surface area (Å²) in [6.07, 6.45) is 8.61. The van der Waals surface area contributed by atoms with Crippen molar-refractivity contribution in [3.05, 3.63) is 82.2 Å². The Labute approximate surface area is 264 Å². The third kappa shape index (κ3) is 5.19. The first kappa shape index (κ1) is 29.2. The zero-order valence-corrected chi connectivity index (χ0v) is 25.9. The Morgan fingerprint density at radius 2 is 2.04 bits per heavy atom. The van der Waals surface area contributed by atoms with Crippen molar-refractivity contribution in [1.82, 2.24) is 15.6 Å². The van der Waals surface area contributed by atoms with Gasteiger partial charge >= 0.3 is 0 Å². The van der Waals surface area contributed by atoms with Gasteiger partial charge in [0.25, 0.3) is 5.91 Å². The van der Waals surface area contributed by atoms with E-state index in [4.69, 9.17) is 25.6 Å². The number of hydrogen-bond donors (Lipinski definition) is 5. The first-order valence-electron chi connectivity index (χ1n) is 15.1. The lowest BCUT2D eigenvalue weighted by Crippen LogP contribution is -2.44. The summed E-state index contributed by atoms with van der Waals surface area (Å²) < 4.78 is 12.6. The van der Waals surface area contributed by atoms with E-state index in [0.29, 0.717) is 39.9 Å². The third-order valence-corrected chi connectivity index (χ3v) is 10.1. The minimum Gasteiger partial charge on any atom is -0.494 e. The molecule has 2 atom stereocenters. The largest absolute Gasteiger partial charge is 0.494 e. The number of thiophene rings is 1. The van der Waals surface area contributed by atoms with E-state index in [9.17, 15) is 14.7 Å². The number of aromatic nitrogens is 1. The van der Waals surface area contributed by atoms with Crippen molar-refractivity contribution in [1.29, 1.82) is 5.41 Å². The van der Waals surface area contributed by atoms with Crippen LogP contribution in [-0.2, 0) is 25.3 Å². The minimum absolute atomic E-state index is 0.0679. The summed E-state index contributed by atoms with van der Waals surface area (Å²) in [6.45, 7) is 1.70. The molecule has 4 aliphatic rings. The van der Waals surface area contributed by atoms with Crippen molar-refractivity contribution < 1.29 is 24.2 Å². The van der Waals surface area contributed by atoms with Gasteiger partial charge in [-0.25, -0.2) is 4.98 Å². The van der Waals surface area contributed by atoms with E-state index in [0.717, 1.165) is 41.3 Å². The Morgan fingerprint density at radius 3 is 2.76 bits per heavy atom. The molecule has 2 amide bonds. The van der Waals surface area contributed by atoms with Gasteiger partial charge in [0.1, 0.15) is 40.5 Å². The van der Waals surface area contributed by atoms with Crippen LogP contribution in [-0.4, -0.2) is 53.9 Å². The van der Waals surface area contributed by atoms with Crippen LogP contribution in [0.25, 0.3) is 21.3 Å². The molecule has 0 bridgehead atoms. The predicted molar refractivity (Wildman–Crippen MR) is 172 cm³/mol. The summed E-state index contributed by atoms with van der Waals surface area (Å²) in [5.74, 6) is -0.332. The van der Waals surface area contributed by atoms with Gasteiger partial charge in [-0.3, -0.25) is 15.0 Å². The van der Waals surface area contributed by atoms with Crippen LogP contribution in [0, 0.1) is 11.3 Å². The molecule has 3 heterocycles. The van der Waals surface area contributed by atoms with Crippen LogP contribution in [0.4, 0.5) is 0 Å². The fourth-order valence-electron chi connectivity index (χ4n) is 5.93. The van der Waals surface area contributed by atoms with E-state index in [1.54, 1.807) is 36.6 Å². The number of primary amides is 1. The first-order chi connectivity index (χ1) is 21.6. The number of aliphatic hydroxyl groups is 1. The smallest absolute Gasteiger partial charge is 0.251 e. The van der Waals surface area contributed by atoms with Crippen molar-refractivity contribution in [2.45, 2.75) is 49.7 Å². The second-order valence-corrected chi connectivity index (χ2v) is 13.4. The van der Waals surface area contributed by atoms with E-state index >= 15 is 0 Å². The molecule has 2 fully saturated rings. The van der Waals surface area contributed by atoms with E-state index in [-0.39, 0.29) is 30.5 Å². The molecule has 11 heteroatoms. The standard InChI is InChI=1S/C34H35N5O5S/c1-33(32(36)41)17-44-30-24(33)14-27(39-29(30)19-4-3-18-9-10-45-26(18)13-19)34(42,22-5-6-22)16-38-31(40)20-11-21(15-37-23-7-8-23)28(35)25(12-20)43-2/h3-4,9-15,22-23,35,37,42H,5-8,16-17H2,1-2H3,(H2,36,41)(H,38,40)/b21-15-,35-28?/t33-,34+/m0/s1. The van der Waals surface area contributed by atoms with Crippen LogP contribution in [0.5, 0.6) is 5.75 Å². The van der Waals surface area contributed by atoms with Gasteiger partial charge in [-0.2, -0.15) is 0 Å². The number of ether oxygens (including phenoxy) is 2. The van der Waals surface area contributed by atoms with Gasteiger partial charge in [-0.15, -0.1) is 11.3 Å². The lowest BCUT2D eigenvalue weighted by atomic mass is 9.81. The Balaban J connectivity index is 1.24. The lowest BCUT2D eigenvalue weighted by Gasteiger charge is -2.30. The normalized spacial score (nSPS) is 23.1. The van der Waals surface area contributed by atoms with Gasteiger partial charge in [0.05, 0.1) is 19.3 Å². The summed E-state index contributed by atoms with van der Waals surface area (Å²) >= 11 is 1.61. The highest BCUT2D eigenvalue weighted by atomic mass is 32.1. The van der Waals surface area contributed by atoms with Gasteiger partial charge in [0.15, 0.2) is 0 Å². The quantitative estimate of drug-likeness (QED) is 0.228.